The lowest BCUT2D eigenvalue weighted by atomic mass is 9.87. The highest BCUT2D eigenvalue weighted by atomic mass is 15.4. The molecule has 6 nitrogen and oxygen atoms in total. The van der Waals surface area contributed by atoms with Gasteiger partial charge in [-0.05, 0) is 43.4 Å². The Morgan fingerprint density at radius 1 is 1.14 bits per heavy atom. The summed E-state index contributed by atoms with van der Waals surface area (Å²) in [6.45, 7) is 0. The first-order valence-corrected chi connectivity index (χ1v) is 7.60. The largest absolute Gasteiger partial charge is 0.369 e. The van der Waals surface area contributed by atoms with Crippen LogP contribution in [0.1, 0.15) is 37.7 Å². The van der Waals surface area contributed by atoms with E-state index < -0.39 is 5.66 Å². The van der Waals surface area contributed by atoms with Crippen LogP contribution in [0.15, 0.2) is 34.3 Å². The number of nitriles is 1. The summed E-state index contributed by atoms with van der Waals surface area (Å²) in [6, 6.07) is 10.0. The van der Waals surface area contributed by atoms with Crippen molar-refractivity contribution in [1.29, 1.82) is 5.26 Å². The maximum absolute atomic E-state index is 8.78. The van der Waals surface area contributed by atoms with Crippen molar-refractivity contribution < 1.29 is 0 Å². The Kier molecular flexibility index (Phi) is 3.72. The highest BCUT2D eigenvalue weighted by Crippen LogP contribution is 2.39. The van der Waals surface area contributed by atoms with Crippen molar-refractivity contribution in [2.45, 2.75) is 44.2 Å². The quantitative estimate of drug-likeness (QED) is 0.869. The van der Waals surface area contributed by atoms with Gasteiger partial charge >= 0.3 is 0 Å². The van der Waals surface area contributed by atoms with Crippen LogP contribution in [0.5, 0.6) is 0 Å². The van der Waals surface area contributed by atoms with Crippen molar-refractivity contribution >= 4 is 17.6 Å². The third-order valence-corrected chi connectivity index (χ3v) is 4.33. The molecule has 6 heteroatoms. The minimum atomic E-state index is -0.412. The molecule has 0 aromatic heterocycles. The zero-order valence-corrected chi connectivity index (χ0v) is 12.5. The Morgan fingerprint density at radius 2 is 1.82 bits per heavy atom. The molecule has 0 unspecified atom stereocenters. The van der Waals surface area contributed by atoms with Crippen LogP contribution in [-0.4, -0.2) is 17.6 Å². The fourth-order valence-electron chi connectivity index (χ4n) is 3.35. The Balaban J connectivity index is 1.98. The molecule has 1 saturated carbocycles. The Labute approximate surface area is 130 Å². The summed E-state index contributed by atoms with van der Waals surface area (Å²) < 4.78 is 0. The van der Waals surface area contributed by atoms with Gasteiger partial charge in [-0.3, -0.25) is 4.90 Å². The second kappa shape index (κ2) is 5.68. The van der Waals surface area contributed by atoms with Gasteiger partial charge in [0.15, 0.2) is 0 Å². The van der Waals surface area contributed by atoms with Crippen LogP contribution in [0.3, 0.4) is 0 Å². The molecule has 0 atom stereocenters. The van der Waals surface area contributed by atoms with Crippen LogP contribution in [0.25, 0.3) is 0 Å². The van der Waals surface area contributed by atoms with Gasteiger partial charge in [0.1, 0.15) is 5.66 Å². The molecule has 1 aromatic carbocycles. The van der Waals surface area contributed by atoms with Crippen molar-refractivity contribution in [2.24, 2.45) is 21.5 Å². The molecule has 1 aromatic rings. The Bertz CT molecular complexity index is 646. The van der Waals surface area contributed by atoms with Gasteiger partial charge in [0.25, 0.3) is 0 Å². The Hall–Kier alpha value is -2.55. The van der Waals surface area contributed by atoms with E-state index in [-0.39, 0.29) is 5.96 Å². The molecule has 0 amide bonds. The van der Waals surface area contributed by atoms with E-state index in [1.165, 1.54) is 6.42 Å². The van der Waals surface area contributed by atoms with Gasteiger partial charge in [0.2, 0.25) is 11.9 Å². The second-order valence-corrected chi connectivity index (χ2v) is 5.82. The summed E-state index contributed by atoms with van der Waals surface area (Å²) in [7, 11) is 0. The highest BCUT2D eigenvalue weighted by Gasteiger charge is 2.42. The molecule has 22 heavy (non-hydrogen) atoms. The maximum Gasteiger partial charge on any atom is 0.220 e. The van der Waals surface area contributed by atoms with E-state index in [2.05, 4.69) is 16.1 Å². The zero-order chi connectivity index (χ0) is 15.6. The number of hydrogen-bond donors (Lipinski definition) is 2. The number of nitrogens with zero attached hydrogens (tertiary/aromatic N) is 4. The summed E-state index contributed by atoms with van der Waals surface area (Å²) in [5.74, 6) is 0.652. The predicted molar refractivity (Wildman–Crippen MR) is 87.3 cm³/mol. The average molecular weight is 296 g/mol. The number of anilines is 1. The minimum absolute atomic E-state index is 0.261. The van der Waals surface area contributed by atoms with Crippen LogP contribution < -0.4 is 16.4 Å². The van der Waals surface area contributed by atoms with Gasteiger partial charge < -0.3 is 11.5 Å². The molecular formula is C16H20N6. The van der Waals surface area contributed by atoms with E-state index in [1.54, 1.807) is 0 Å². The molecule has 0 bridgehead atoms. The van der Waals surface area contributed by atoms with Crippen LogP contribution in [0, 0.1) is 11.3 Å². The topological polar surface area (TPSA) is 104 Å². The van der Waals surface area contributed by atoms with E-state index in [9.17, 15) is 0 Å². The lowest BCUT2D eigenvalue weighted by Gasteiger charge is -2.45. The summed E-state index contributed by atoms with van der Waals surface area (Å²) >= 11 is 0. The molecule has 3 rings (SSSR count). The average Bonchev–Trinajstić information content (AvgIpc) is 2.49. The molecule has 0 saturated heterocycles. The SMILES string of the molecule is N#CCc1ccc(N2C(N)=NC(N)=NC23CCCCC3)cc1. The number of guanidine groups is 2. The lowest BCUT2D eigenvalue weighted by molar-refractivity contribution is 0.305. The number of nitrogens with two attached hydrogens (primary N) is 2. The standard InChI is InChI=1S/C16H20N6/c17-11-8-12-4-6-13(7-5-12)22-15(19)20-14(18)21-16(22)9-2-1-3-10-16/h4-7H,1-3,8-10H2,(H4,18,19,20,21). The number of hydrogen-bond acceptors (Lipinski definition) is 6. The van der Waals surface area contributed by atoms with Crippen LogP contribution in [-0.2, 0) is 6.42 Å². The fourth-order valence-corrected chi connectivity index (χ4v) is 3.35. The lowest BCUT2D eigenvalue weighted by Crippen LogP contribution is -2.58. The maximum atomic E-state index is 8.78. The third kappa shape index (κ3) is 2.50. The predicted octanol–water partition coefficient (Wildman–Crippen LogP) is 1.86. The van der Waals surface area contributed by atoms with Crippen LogP contribution in [0.2, 0.25) is 0 Å². The van der Waals surface area contributed by atoms with E-state index in [4.69, 9.17) is 16.7 Å². The Morgan fingerprint density at radius 3 is 2.45 bits per heavy atom. The number of benzene rings is 1. The molecule has 2 aliphatic rings. The monoisotopic (exact) mass is 296 g/mol. The van der Waals surface area contributed by atoms with E-state index in [0.717, 1.165) is 36.9 Å². The molecule has 114 valence electrons. The fraction of sp³-hybridized carbons (Fsp3) is 0.438. The van der Waals surface area contributed by atoms with Crippen molar-refractivity contribution in [3.63, 3.8) is 0 Å². The molecule has 1 aliphatic carbocycles. The minimum Gasteiger partial charge on any atom is -0.369 e. The summed E-state index contributed by atoms with van der Waals surface area (Å²) in [6.07, 6.45) is 5.66. The van der Waals surface area contributed by atoms with Crippen LogP contribution >= 0.6 is 0 Å². The third-order valence-electron chi connectivity index (χ3n) is 4.33. The highest BCUT2D eigenvalue weighted by molar-refractivity contribution is 6.05. The number of aliphatic imine (C=N–C) groups is 2. The molecule has 1 heterocycles. The van der Waals surface area contributed by atoms with Crippen molar-refractivity contribution in [2.75, 3.05) is 4.90 Å². The first kappa shape index (κ1) is 14.4. The van der Waals surface area contributed by atoms with Gasteiger partial charge in [-0.2, -0.15) is 10.3 Å². The second-order valence-electron chi connectivity index (χ2n) is 5.82. The first-order chi connectivity index (χ1) is 10.6. The molecule has 0 radical (unpaired) electrons. The van der Waals surface area contributed by atoms with E-state index >= 15 is 0 Å². The number of rotatable bonds is 2. The smallest absolute Gasteiger partial charge is 0.220 e. The van der Waals surface area contributed by atoms with Crippen molar-refractivity contribution in [3.05, 3.63) is 29.8 Å². The molecule has 1 fully saturated rings. The van der Waals surface area contributed by atoms with Gasteiger partial charge in [-0.15, -0.1) is 0 Å². The van der Waals surface area contributed by atoms with Gasteiger partial charge in [-0.25, -0.2) is 4.99 Å². The normalized spacial score (nSPS) is 20.2. The van der Waals surface area contributed by atoms with Gasteiger partial charge in [0, 0.05) is 5.69 Å². The molecule has 1 spiro atoms. The first-order valence-electron chi connectivity index (χ1n) is 7.60. The summed E-state index contributed by atoms with van der Waals surface area (Å²) in [5.41, 5.74) is 13.5. The zero-order valence-electron chi connectivity index (χ0n) is 12.5. The van der Waals surface area contributed by atoms with Gasteiger partial charge in [-0.1, -0.05) is 18.6 Å². The summed E-state index contributed by atoms with van der Waals surface area (Å²) in [4.78, 5) is 10.8. The molecule has 1 aliphatic heterocycles. The van der Waals surface area contributed by atoms with Crippen molar-refractivity contribution in [1.82, 2.24) is 0 Å². The van der Waals surface area contributed by atoms with E-state index in [1.807, 2.05) is 29.2 Å². The van der Waals surface area contributed by atoms with Crippen molar-refractivity contribution in [3.8, 4) is 6.07 Å². The van der Waals surface area contributed by atoms with E-state index in [0.29, 0.717) is 12.4 Å². The molecule has 4 N–H and O–H groups in total. The van der Waals surface area contributed by atoms with Crippen LogP contribution in [0.4, 0.5) is 5.69 Å². The molecular weight excluding hydrogens is 276 g/mol. The summed E-state index contributed by atoms with van der Waals surface area (Å²) in [5, 5.41) is 8.78. The van der Waals surface area contributed by atoms with Gasteiger partial charge in [0.05, 0.1) is 12.5 Å².